The number of rotatable bonds is 13. The summed E-state index contributed by atoms with van der Waals surface area (Å²) in [7, 11) is 0. The van der Waals surface area contributed by atoms with Gasteiger partial charge in [-0.15, -0.1) is 0 Å². The van der Waals surface area contributed by atoms with Crippen LogP contribution in [0, 0.1) is 5.41 Å². The molecule has 2 saturated carbocycles. The minimum Gasteiger partial charge on any atom is -0.508 e. The molecule has 3 aromatic carbocycles. The number of carboxylic acid groups (broad SMARTS) is 1. The summed E-state index contributed by atoms with van der Waals surface area (Å²) in [5.74, 6) is -2.24. The number of aliphatic carboxylic acids is 1. The zero-order valence-electron chi connectivity index (χ0n) is 34.9. The number of aromatic hydroxyl groups is 2. The minimum absolute atomic E-state index is 0.00949. The Kier molecular flexibility index (Phi) is 11.4. The molecule has 2 aliphatic carbocycles. The number of phenolic OH excluding ortho intramolecular Hbond substituents is 2. The van der Waals surface area contributed by atoms with E-state index in [1.165, 1.54) is 24.5 Å². The van der Waals surface area contributed by atoms with Gasteiger partial charge in [-0.25, -0.2) is 9.79 Å². The first kappa shape index (κ1) is 43.0. The lowest BCUT2D eigenvalue weighted by molar-refractivity contribution is -0.326. The van der Waals surface area contributed by atoms with Crippen molar-refractivity contribution in [3.05, 3.63) is 89.5 Å². The highest BCUT2D eigenvalue weighted by atomic mass is 16.7. The first-order valence-electron chi connectivity index (χ1n) is 21.6. The van der Waals surface area contributed by atoms with Gasteiger partial charge in [0.15, 0.2) is 23.3 Å². The van der Waals surface area contributed by atoms with Crippen molar-refractivity contribution >= 4 is 35.3 Å². The predicted octanol–water partition coefficient (Wildman–Crippen LogP) is 3.99. The van der Waals surface area contributed by atoms with Gasteiger partial charge < -0.3 is 59.4 Å². The Morgan fingerprint density at radius 3 is 2.36 bits per heavy atom. The number of nitrogens with two attached hydrogens (primary N) is 1. The summed E-state index contributed by atoms with van der Waals surface area (Å²) in [4.78, 5) is 26.0. The molecule has 17 nitrogen and oxygen atoms in total. The van der Waals surface area contributed by atoms with Crippen molar-refractivity contribution in [3.63, 3.8) is 0 Å². The van der Waals surface area contributed by atoms with Crippen LogP contribution >= 0.6 is 0 Å². The standard InChI is InChI=1S/C47H50N4O13/c48-36-14-11-28(51-36)15-20-60-30-12-9-26(10-13-30)32-22-31(53)37-33(61-32)23-34(40(38(37)54)64-46(18-4-5-19-46)27-7-6-8-29(52)21-27)62-44-39(55)41(56)47(59,42(63-44)43(57)58)45(16-2-1-3-17-45)35-24-49-25-50-35/h6-14,21-23,25,32,39,41-42,44,48,52-56,59H,1-5,15-20,24H2,(H,57,58)/p+1. The monoisotopic (exact) mass is 879 g/mol. The number of aliphatic hydroxyl groups is 4. The molecule has 0 bridgehead atoms. The summed E-state index contributed by atoms with van der Waals surface area (Å²) in [6, 6.07) is 14.8. The smallest absolute Gasteiger partial charge is 0.336 e. The number of amidine groups is 1. The summed E-state index contributed by atoms with van der Waals surface area (Å²) in [5.41, 5.74) is -2.83. The van der Waals surface area contributed by atoms with Crippen LogP contribution in [0.5, 0.6) is 34.5 Å². The summed E-state index contributed by atoms with van der Waals surface area (Å²) in [6.45, 7) is 0.439. The van der Waals surface area contributed by atoms with E-state index in [2.05, 4.69) is 15.0 Å². The van der Waals surface area contributed by atoms with Crippen molar-refractivity contribution in [1.82, 2.24) is 0 Å². The summed E-state index contributed by atoms with van der Waals surface area (Å²) in [6.07, 6.45) is 2.57. The van der Waals surface area contributed by atoms with Crippen LogP contribution in [0.4, 0.5) is 0 Å². The molecular weight excluding hydrogens is 829 g/mol. The quantitative estimate of drug-likeness (QED) is 0.121. The molecule has 6 aliphatic rings. The van der Waals surface area contributed by atoms with Gasteiger partial charge in [-0.2, -0.15) is 0 Å². The number of ether oxygens (including phenoxy) is 5. The third-order valence-electron chi connectivity index (χ3n) is 13.4. The molecule has 6 unspecified atom stereocenters. The molecule has 9 rings (SSSR count). The second-order valence-corrected chi connectivity index (χ2v) is 17.2. The predicted molar refractivity (Wildman–Crippen MR) is 231 cm³/mol. The van der Waals surface area contributed by atoms with Gasteiger partial charge in [-0.3, -0.25) is 10.4 Å². The molecular formula is C47H51N4O13+. The molecule has 6 atom stereocenters. The lowest BCUT2D eigenvalue weighted by atomic mass is 9.55. The molecule has 4 aliphatic heterocycles. The van der Waals surface area contributed by atoms with E-state index in [-0.39, 0.29) is 53.7 Å². The number of phenols is 2. The third kappa shape index (κ3) is 7.55. The van der Waals surface area contributed by atoms with Crippen LogP contribution in [-0.2, 0) is 15.1 Å². The fourth-order valence-electron chi connectivity index (χ4n) is 10.2. The van der Waals surface area contributed by atoms with Gasteiger partial charge in [0, 0.05) is 30.1 Å². The maximum absolute atomic E-state index is 13.2. The first-order valence-corrected chi connectivity index (χ1v) is 21.6. The van der Waals surface area contributed by atoms with Crippen molar-refractivity contribution in [2.24, 2.45) is 20.4 Å². The Balaban J connectivity index is 1.06. The SMILES string of the molecule is [NH2+]=C1C=CC(CCOc2ccc(C3C=C(O)c4c(cc(OC5OC(C(=O)O)C(O)(C6(C7=NC=NC7)CCCCC6)C(O)C5O)c(OC5(c6cccc(O)c6)CCCC5)c4O)O3)cc2)=N1. The van der Waals surface area contributed by atoms with Crippen LogP contribution in [0.25, 0.3) is 5.76 Å². The molecule has 0 amide bonds. The number of carbonyl (C=O) groups is 1. The van der Waals surface area contributed by atoms with Gasteiger partial charge in [0.2, 0.25) is 12.0 Å². The van der Waals surface area contributed by atoms with Gasteiger partial charge in [-0.1, -0.05) is 43.5 Å². The van der Waals surface area contributed by atoms with Crippen LogP contribution in [0.15, 0.2) is 87.8 Å². The molecule has 3 aromatic rings. The number of hydrogen-bond donors (Lipinski definition) is 8. The Morgan fingerprint density at radius 2 is 1.69 bits per heavy atom. The minimum atomic E-state index is -2.57. The van der Waals surface area contributed by atoms with E-state index >= 15 is 0 Å². The molecule has 0 spiro atoms. The molecule has 17 heteroatoms. The highest BCUT2D eigenvalue weighted by molar-refractivity contribution is 6.13. The van der Waals surface area contributed by atoms with Crippen molar-refractivity contribution in [1.29, 1.82) is 0 Å². The Hall–Kier alpha value is -6.27. The van der Waals surface area contributed by atoms with Gasteiger partial charge >= 0.3 is 11.8 Å². The van der Waals surface area contributed by atoms with Crippen LogP contribution in [-0.4, -0.2) is 109 Å². The lowest BCUT2D eigenvalue weighted by Crippen LogP contribution is -2.76. The van der Waals surface area contributed by atoms with Gasteiger partial charge in [-0.05, 0) is 85.0 Å². The molecule has 336 valence electrons. The van der Waals surface area contributed by atoms with E-state index in [0.717, 1.165) is 25.0 Å². The summed E-state index contributed by atoms with van der Waals surface area (Å²) in [5, 5.41) is 87.1. The number of fused-ring (bicyclic) bond motifs is 1. The number of aliphatic hydroxyl groups excluding tert-OH is 3. The number of hydrogen-bond acceptors (Lipinski definition) is 14. The van der Waals surface area contributed by atoms with E-state index in [1.807, 2.05) is 6.08 Å². The fourth-order valence-corrected chi connectivity index (χ4v) is 10.2. The Morgan fingerprint density at radius 1 is 0.938 bits per heavy atom. The molecule has 9 N–H and O–H groups in total. The molecule has 1 saturated heterocycles. The largest absolute Gasteiger partial charge is 0.508 e. The molecule has 0 radical (unpaired) electrons. The highest BCUT2D eigenvalue weighted by Gasteiger charge is 2.69. The highest BCUT2D eigenvalue weighted by Crippen LogP contribution is 2.57. The lowest BCUT2D eigenvalue weighted by Gasteiger charge is -2.57. The van der Waals surface area contributed by atoms with Crippen LogP contribution in [0.3, 0.4) is 0 Å². The first-order chi connectivity index (χ1) is 30.8. The van der Waals surface area contributed by atoms with Crippen molar-refractivity contribution in [2.75, 3.05) is 13.2 Å². The van der Waals surface area contributed by atoms with Gasteiger partial charge in [0.25, 0.3) is 0 Å². The van der Waals surface area contributed by atoms with Crippen LogP contribution in [0.2, 0.25) is 0 Å². The number of nitrogens with zero attached hydrogens (tertiary/aromatic N) is 3. The van der Waals surface area contributed by atoms with E-state index < -0.39 is 59.0 Å². The zero-order valence-corrected chi connectivity index (χ0v) is 34.9. The molecule has 0 aromatic heterocycles. The van der Waals surface area contributed by atoms with Gasteiger partial charge in [0.05, 0.1) is 18.9 Å². The average Bonchev–Trinajstić information content (AvgIpc) is 4.09. The Labute approximate surface area is 367 Å². The second-order valence-electron chi connectivity index (χ2n) is 17.2. The van der Waals surface area contributed by atoms with Crippen LogP contribution in [0.1, 0.15) is 87.0 Å². The Bertz CT molecular complexity index is 2470. The topological polar surface area (TPSA) is 268 Å². The summed E-state index contributed by atoms with van der Waals surface area (Å²) >= 11 is 0. The number of carboxylic acids is 1. The number of aliphatic imine (C=N–C) groups is 3. The second kappa shape index (κ2) is 17.0. The van der Waals surface area contributed by atoms with E-state index in [4.69, 9.17) is 29.1 Å². The van der Waals surface area contributed by atoms with Crippen molar-refractivity contribution in [3.8, 4) is 34.5 Å². The molecule has 64 heavy (non-hydrogen) atoms. The van der Waals surface area contributed by atoms with Crippen molar-refractivity contribution < 1.29 is 69.6 Å². The zero-order chi connectivity index (χ0) is 44.8. The van der Waals surface area contributed by atoms with Crippen molar-refractivity contribution in [2.45, 2.75) is 106 Å². The number of allylic oxidation sites excluding steroid dienone is 1. The third-order valence-corrected chi connectivity index (χ3v) is 13.4. The maximum Gasteiger partial charge on any atom is 0.336 e. The van der Waals surface area contributed by atoms with Gasteiger partial charge in [0.1, 0.15) is 64.4 Å². The average molecular weight is 880 g/mol. The molecule has 4 heterocycles. The van der Waals surface area contributed by atoms with E-state index in [9.17, 15) is 40.5 Å². The number of benzene rings is 3. The van der Waals surface area contributed by atoms with Crippen LogP contribution < -0.4 is 24.4 Å². The van der Waals surface area contributed by atoms with E-state index in [0.29, 0.717) is 67.1 Å². The maximum atomic E-state index is 13.2. The summed E-state index contributed by atoms with van der Waals surface area (Å²) < 4.78 is 31.4. The molecule has 3 fully saturated rings. The normalized spacial score (nSPS) is 27.8. The van der Waals surface area contributed by atoms with E-state index in [1.54, 1.807) is 48.5 Å². The fraction of sp³-hybridized carbons (Fsp3) is 0.426.